The summed E-state index contributed by atoms with van der Waals surface area (Å²) in [6.45, 7) is 0. The van der Waals surface area contributed by atoms with Crippen LogP contribution in [0.15, 0.2) is 24.7 Å². The summed E-state index contributed by atoms with van der Waals surface area (Å²) >= 11 is 0. The van der Waals surface area contributed by atoms with Gasteiger partial charge in [0, 0.05) is 37.5 Å². The normalized spacial score (nSPS) is 12.4. The highest BCUT2D eigenvalue weighted by molar-refractivity contribution is 5.33. The van der Waals surface area contributed by atoms with Crippen LogP contribution in [0.5, 0.6) is 5.75 Å². The third-order valence-corrected chi connectivity index (χ3v) is 2.82. The highest BCUT2D eigenvalue weighted by Gasteiger charge is 2.16. The first-order valence-electron chi connectivity index (χ1n) is 5.75. The highest BCUT2D eigenvalue weighted by Crippen LogP contribution is 2.25. The van der Waals surface area contributed by atoms with Crippen molar-refractivity contribution in [2.24, 2.45) is 7.05 Å². The van der Waals surface area contributed by atoms with Gasteiger partial charge in [-0.2, -0.15) is 0 Å². The Bertz CT molecular complexity index is 511. The number of pyridine rings is 1. The van der Waals surface area contributed by atoms with Crippen molar-refractivity contribution in [2.75, 3.05) is 14.2 Å². The largest absolute Gasteiger partial charge is 0.495 e. The van der Waals surface area contributed by atoms with Crippen LogP contribution < -0.4 is 10.1 Å². The Hall–Kier alpha value is -1.95. The first-order chi connectivity index (χ1) is 8.74. The molecule has 1 N–H and O–H groups in total. The van der Waals surface area contributed by atoms with E-state index in [9.17, 15) is 0 Å². The van der Waals surface area contributed by atoms with E-state index in [0.717, 1.165) is 23.4 Å². The lowest BCUT2D eigenvalue weighted by Crippen LogP contribution is -2.19. The van der Waals surface area contributed by atoms with Gasteiger partial charge in [0.15, 0.2) is 0 Å². The van der Waals surface area contributed by atoms with Crippen LogP contribution in [0, 0.1) is 0 Å². The first-order valence-corrected chi connectivity index (χ1v) is 5.75. The quantitative estimate of drug-likeness (QED) is 0.843. The number of aromatic nitrogens is 4. The topological polar surface area (TPSA) is 64.9 Å². The number of rotatable bonds is 5. The zero-order chi connectivity index (χ0) is 13.0. The molecule has 0 aliphatic heterocycles. The average molecular weight is 247 g/mol. The van der Waals surface area contributed by atoms with E-state index in [0.29, 0.717) is 0 Å². The molecule has 18 heavy (non-hydrogen) atoms. The van der Waals surface area contributed by atoms with Crippen molar-refractivity contribution in [3.05, 3.63) is 35.9 Å². The summed E-state index contributed by atoms with van der Waals surface area (Å²) in [6.07, 6.45) is 6.15. The fourth-order valence-electron chi connectivity index (χ4n) is 1.91. The van der Waals surface area contributed by atoms with Crippen LogP contribution in [-0.4, -0.2) is 34.1 Å². The number of nitrogens with zero attached hydrogens (tertiary/aromatic N) is 4. The highest BCUT2D eigenvalue weighted by atomic mass is 16.5. The van der Waals surface area contributed by atoms with E-state index in [2.05, 4.69) is 20.6 Å². The van der Waals surface area contributed by atoms with Crippen molar-refractivity contribution < 1.29 is 4.74 Å². The minimum Gasteiger partial charge on any atom is -0.495 e. The number of hydrogen-bond acceptors (Lipinski definition) is 5. The molecular weight excluding hydrogens is 230 g/mol. The summed E-state index contributed by atoms with van der Waals surface area (Å²) < 4.78 is 7.03. The lowest BCUT2D eigenvalue weighted by molar-refractivity contribution is 0.399. The van der Waals surface area contributed by atoms with Crippen molar-refractivity contribution in [3.8, 4) is 5.75 Å². The monoisotopic (exact) mass is 247 g/mol. The van der Waals surface area contributed by atoms with Gasteiger partial charge >= 0.3 is 0 Å². The van der Waals surface area contributed by atoms with E-state index in [1.807, 2.05) is 26.4 Å². The zero-order valence-corrected chi connectivity index (χ0v) is 10.8. The van der Waals surface area contributed by atoms with E-state index in [4.69, 9.17) is 4.74 Å². The molecular formula is C12H17N5O. The van der Waals surface area contributed by atoms with Gasteiger partial charge in [-0.15, -0.1) is 5.10 Å². The second kappa shape index (κ2) is 5.59. The Balaban J connectivity index is 2.22. The Kier molecular flexibility index (Phi) is 3.88. The fraction of sp³-hybridized carbons (Fsp3) is 0.417. The van der Waals surface area contributed by atoms with Gasteiger partial charge in [0.25, 0.3) is 0 Å². The molecule has 0 aromatic carbocycles. The molecule has 0 amide bonds. The smallest absolute Gasteiger partial charge is 0.141 e. The van der Waals surface area contributed by atoms with E-state index in [1.165, 1.54) is 0 Å². The molecule has 0 spiro atoms. The van der Waals surface area contributed by atoms with E-state index >= 15 is 0 Å². The van der Waals surface area contributed by atoms with E-state index in [-0.39, 0.29) is 6.04 Å². The molecule has 0 aliphatic rings. The van der Waals surface area contributed by atoms with Crippen LogP contribution in [0.4, 0.5) is 0 Å². The van der Waals surface area contributed by atoms with Gasteiger partial charge in [-0.25, -0.2) is 0 Å². The molecule has 96 valence electrons. The Morgan fingerprint density at radius 1 is 1.50 bits per heavy atom. The molecule has 2 aromatic heterocycles. The molecule has 6 heteroatoms. The molecule has 0 radical (unpaired) electrons. The van der Waals surface area contributed by atoms with Crippen LogP contribution in [0.2, 0.25) is 0 Å². The summed E-state index contributed by atoms with van der Waals surface area (Å²) in [5.41, 5.74) is 2.01. The average Bonchev–Trinajstić information content (AvgIpc) is 2.81. The van der Waals surface area contributed by atoms with Crippen molar-refractivity contribution >= 4 is 0 Å². The Labute approximate surface area is 106 Å². The third-order valence-electron chi connectivity index (χ3n) is 2.82. The maximum atomic E-state index is 5.33. The second-order valence-corrected chi connectivity index (χ2v) is 4.05. The maximum Gasteiger partial charge on any atom is 0.141 e. The van der Waals surface area contributed by atoms with Gasteiger partial charge in [0.05, 0.1) is 19.0 Å². The van der Waals surface area contributed by atoms with Gasteiger partial charge in [-0.3, -0.25) is 9.67 Å². The van der Waals surface area contributed by atoms with Crippen molar-refractivity contribution in [2.45, 2.75) is 12.5 Å². The minimum absolute atomic E-state index is 0.125. The van der Waals surface area contributed by atoms with Crippen LogP contribution in [0.3, 0.4) is 0 Å². The Morgan fingerprint density at radius 2 is 2.33 bits per heavy atom. The molecule has 2 aromatic rings. The Morgan fingerprint density at radius 3 is 2.94 bits per heavy atom. The van der Waals surface area contributed by atoms with Crippen LogP contribution in [0.1, 0.15) is 17.3 Å². The molecule has 6 nitrogen and oxygen atoms in total. The fourth-order valence-corrected chi connectivity index (χ4v) is 1.91. The SMILES string of the molecule is CNC(Cc1cn(C)nn1)c1ccncc1OC. The molecule has 0 aliphatic carbocycles. The third kappa shape index (κ3) is 2.65. The van der Waals surface area contributed by atoms with Crippen LogP contribution in [0.25, 0.3) is 0 Å². The number of likely N-dealkylation sites (N-methyl/N-ethyl adjacent to an activating group) is 1. The minimum atomic E-state index is 0.125. The van der Waals surface area contributed by atoms with Crippen molar-refractivity contribution in [1.82, 2.24) is 25.3 Å². The molecule has 0 fully saturated rings. The van der Waals surface area contributed by atoms with Crippen LogP contribution >= 0.6 is 0 Å². The molecule has 1 atom stereocenters. The van der Waals surface area contributed by atoms with Gasteiger partial charge in [0.1, 0.15) is 5.75 Å². The number of hydrogen-bond donors (Lipinski definition) is 1. The summed E-state index contributed by atoms with van der Waals surface area (Å²) in [5.74, 6) is 0.778. The standard InChI is InChI=1S/C12H17N5O/c1-13-11(6-9-8-17(2)16-15-9)10-4-5-14-7-12(10)18-3/h4-5,7-8,11,13H,6H2,1-3H3. The van der Waals surface area contributed by atoms with Gasteiger partial charge in [-0.1, -0.05) is 5.21 Å². The number of ether oxygens (including phenoxy) is 1. The summed E-state index contributed by atoms with van der Waals surface area (Å²) in [4.78, 5) is 4.06. The number of nitrogens with one attached hydrogen (secondary N) is 1. The predicted molar refractivity (Wildman–Crippen MR) is 67.3 cm³/mol. The van der Waals surface area contributed by atoms with Crippen LogP contribution in [-0.2, 0) is 13.5 Å². The second-order valence-electron chi connectivity index (χ2n) is 4.05. The molecule has 0 bridgehead atoms. The lowest BCUT2D eigenvalue weighted by atomic mass is 10.0. The first kappa shape index (κ1) is 12.5. The summed E-state index contributed by atoms with van der Waals surface area (Å²) in [7, 11) is 5.42. The lowest BCUT2D eigenvalue weighted by Gasteiger charge is -2.17. The van der Waals surface area contributed by atoms with Crippen molar-refractivity contribution in [3.63, 3.8) is 0 Å². The number of methoxy groups -OCH3 is 1. The van der Waals surface area contributed by atoms with E-state index < -0.39 is 0 Å². The van der Waals surface area contributed by atoms with E-state index in [1.54, 1.807) is 24.2 Å². The predicted octanol–water partition coefficient (Wildman–Crippen LogP) is 0.722. The molecule has 0 saturated carbocycles. The molecule has 1 unspecified atom stereocenters. The molecule has 0 saturated heterocycles. The molecule has 2 rings (SSSR count). The van der Waals surface area contributed by atoms with Gasteiger partial charge in [0.2, 0.25) is 0 Å². The van der Waals surface area contributed by atoms with Crippen molar-refractivity contribution in [1.29, 1.82) is 0 Å². The summed E-state index contributed by atoms with van der Waals surface area (Å²) in [6, 6.07) is 2.08. The van der Waals surface area contributed by atoms with Gasteiger partial charge < -0.3 is 10.1 Å². The molecule has 2 heterocycles. The maximum absolute atomic E-state index is 5.33. The zero-order valence-electron chi connectivity index (χ0n) is 10.8. The van der Waals surface area contributed by atoms with Gasteiger partial charge in [-0.05, 0) is 13.1 Å². The summed E-state index contributed by atoms with van der Waals surface area (Å²) in [5, 5.41) is 11.3. The number of aryl methyl sites for hydroxylation is 1.